The minimum atomic E-state index is -0.482. The summed E-state index contributed by atoms with van der Waals surface area (Å²) in [6, 6.07) is 16.4. The molecule has 2 N–H and O–H groups in total. The lowest BCUT2D eigenvalue weighted by Crippen LogP contribution is -2.13. The molecule has 0 saturated carbocycles. The highest BCUT2D eigenvalue weighted by Crippen LogP contribution is 2.23. The molecule has 0 unspecified atom stereocenters. The summed E-state index contributed by atoms with van der Waals surface area (Å²) in [5.41, 5.74) is 3.21. The Morgan fingerprint density at radius 3 is 1.89 bits per heavy atom. The first kappa shape index (κ1) is 19.9. The second-order valence-corrected chi connectivity index (χ2v) is 7.25. The highest BCUT2D eigenvalue weighted by atomic mass is 16.2. The van der Waals surface area contributed by atoms with Crippen molar-refractivity contribution in [2.75, 3.05) is 10.6 Å². The van der Waals surface area contributed by atoms with Crippen molar-refractivity contribution in [1.82, 2.24) is 0 Å². The number of anilines is 2. The second-order valence-electron chi connectivity index (χ2n) is 7.25. The van der Waals surface area contributed by atoms with Gasteiger partial charge in [-0.1, -0.05) is 45.0 Å². The number of carbonyl (C=O) groups is 2. The molecule has 0 heterocycles. The smallest absolute Gasteiger partial charge is 0.266 e. The van der Waals surface area contributed by atoms with E-state index in [1.807, 2.05) is 30.3 Å². The van der Waals surface area contributed by atoms with Gasteiger partial charge in [-0.25, -0.2) is 0 Å². The van der Waals surface area contributed by atoms with Gasteiger partial charge in [0.05, 0.1) is 0 Å². The van der Waals surface area contributed by atoms with E-state index < -0.39 is 5.91 Å². The van der Waals surface area contributed by atoms with Crippen molar-refractivity contribution < 1.29 is 9.59 Å². The molecule has 2 aromatic rings. The van der Waals surface area contributed by atoms with Gasteiger partial charge < -0.3 is 10.6 Å². The number of carbonyl (C=O) groups excluding carboxylic acids is 2. The van der Waals surface area contributed by atoms with Crippen molar-refractivity contribution in [2.45, 2.75) is 33.1 Å². The van der Waals surface area contributed by atoms with Gasteiger partial charge in [-0.05, 0) is 46.9 Å². The Hall–Kier alpha value is -3.39. The largest absolute Gasteiger partial charge is 0.326 e. The standard InChI is InChI=1S/C22H23N3O2/c1-15(26)24-19-9-11-20(12-10-19)25-21(27)17(14-23)13-16-5-7-18(8-6-16)22(2,3)4/h5-13H,1-4H3,(H,24,26)(H,25,27)/b17-13+. The van der Waals surface area contributed by atoms with Crippen molar-refractivity contribution in [3.63, 3.8) is 0 Å². The molecule has 5 heteroatoms. The lowest BCUT2D eigenvalue weighted by molar-refractivity contribution is -0.114. The molecule has 0 spiro atoms. The summed E-state index contributed by atoms with van der Waals surface area (Å²) >= 11 is 0. The molecule has 138 valence electrons. The predicted molar refractivity (Wildman–Crippen MR) is 108 cm³/mol. The summed E-state index contributed by atoms with van der Waals surface area (Å²) in [7, 11) is 0. The molecule has 2 amide bonds. The van der Waals surface area contributed by atoms with E-state index in [0.717, 1.165) is 5.56 Å². The zero-order valence-corrected chi connectivity index (χ0v) is 16.0. The Bertz CT molecular complexity index is 897. The maximum absolute atomic E-state index is 12.4. The van der Waals surface area contributed by atoms with Crippen LogP contribution in [0.25, 0.3) is 6.08 Å². The number of nitriles is 1. The van der Waals surface area contributed by atoms with Crippen LogP contribution in [0.15, 0.2) is 54.1 Å². The number of benzene rings is 2. The van der Waals surface area contributed by atoms with Gasteiger partial charge in [-0.2, -0.15) is 5.26 Å². The molecule has 27 heavy (non-hydrogen) atoms. The zero-order valence-electron chi connectivity index (χ0n) is 16.0. The molecule has 2 rings (SSSR count). The number of nitrogens with one attached hydrogen (secondary N) is 2. The first-order chi connectivity index (χ1) is 12.7. The highest BCUT2D eigenvalue weighted by Gasteiger charge is 2.13. The van der Waals surface area contributed by atoms with Gasteiger partial charge in [0.15, 0.2) is 0 Å². The van der Waals surface area contributed by atoms with Crippen LogP contribution in [-0.2, 0) is 15.0 Å². The van der Waals surface area contributed by atoms with Gasteiger partial charge >= 0.3 is 0 Å². The average molecular weight is 361 g/mol. The molecule has 0 saturated heterocycles. The molecule has 0 aliphatic carbocycles. The number of rotatable bonds is 4. The van der Waals surface area contributed by atoms with Crippen LogP contribution in [0.1, 0.15) is 38.8 Å². The van der Waals surface area contributed by atoms with Gasteiger partial charge in [0.25, 0.3) is 5.91 Å². The molecule has 0 bridgehead atoms. The van der Waals surface area contributed by atoms with Crippen LogP contribution >= 0.6 is 0 Å². The third-order valence-corrected chi connectivity index (χ3v) is 3.92. The van der Waals surface area contributed by atoms with Gasteiger partial charge in [0, 0.05) is 18.3 Å². The topological polar surface area (TPSA) is 82.0 Å². The minimum Gasteiger partial charge on any atom is -0.326 e. The molecular formula is C22H23N3O2. The lowest BCUT2D eigenvalue weighted by atomic mass is 9.86. The van der Waals surface area contributed by atoms with Crippen molar-refractivity contribution >= 4 is 29.3 Å². The quantitative estimate of drug-likeness (QED) is 0.622. The number of hydrogen-bond acceptors (Lipinski definition) is 3. The Morgan fingerprint density at radius 1 is 0.926 bits per heavy atom. The summed E-state index contributed by atoms with van der Waals surface area (Å²) in [5.74, 6) is -0.649. The van der Waals surface area contributed by atoms with Gasteiger partial charge in [0.2, 0.25) is 5.91 Å². The molecular weight excluding hydrogens is 338 g/mol. The van der Waals surface area contributed by atoms with Gasteiger partial charge in [-0.3, -0.25) is 9.59 Å². The van der Waals surface area contributed by atoms with E-state index in [9.17, 15) is 14.9 Å². The third kappa shape index (κ3) is 5.82. The summed E-state index contributed by atoms with van der Waals surface area (Å²) in [6.07, 6.45) is 1.56. The first-order valence-electron chi connectivity index (χ1n) is 8.60. The summed E-state index contributed by atoms with van der Waals surface area (Å²) in [5, 5.41) is 14.7. The van der Waals surface area contributed by atoms with Crippen LogP contribution in [0, 0.1) is 11.3 Å². The zero-order chi connectivity index (χ0) is 20.0. The van der Waals surface area contributed by atoms with Crippen molar-refractivity contribution in [3.8, 4) is 6.07 Å². The Balaban J connectivity index is 2.12. The fourth-order valence-corrected chi connectivity index (χ4v) is 2.43. The minimum absolute atomic E-state index is 0.0180. The van der Waals surface area contributed by atoms with E-state index in [1.54, 1.807) is 30.3 Å². The van der Waals surface area contributed by atoms with Crippen LogP contribution in [0.2, 0.25) is 0 Å². The number of nitrogens with zero attached hydrogens (tertiary/aromatic N) is 1. The maximum atomic E-state index is 12.4. The van der Waals surface area contributed by atoms with Crippen LogP contribution < -0.4 is 10.6 Å². The fourth-order valence-electron chi connectivity index (χ4n) is 2.43. The average Bonchev–Trinajstić information content (AvgIpc) is 2.60. The number of hydrogen-bond donors (Lipinski definition) is 2. The normalized spacial score (nSPS) is 11.4. The first-order valence-corrected chi connectivity index (χ1v) is 8.60. The SMILES string of the molecule is CC(=O)Nc1ccc(NC(=O)/C(C#N)=C/c2ccc(C(C)(C)C)cc2)cc1. The molecule has 0 aliphatic rings. The maximum Gasteiger partial charge on any atom is 0.266 e. The van der Waals surface area contributed by atoms with E-state index in [2.05, 4.69) is 31.4 Å². The monoisotopic (exact) mass is 361 g/mol. The van der Waals surface area contributed by atoms with Crippen LogP contribution in [-0.4, -0.2) is 11.8 Å². The van der Waals surface area contributed by atoms with Crippen molar-refractivity contribution in [2.24, 2.45) is 0 Å². The highest BCUT2D eigenvalue weighted by molar-refractivity contribution is 6.09. The molecule has 0 fully saturated rings. The molecule has 0 aromatic heterocycles. The summed E-state index contributed by atoms with van der Waals surface area (Å²) in [6.45, 7) is 7.81. The van der Waals surface area contributed by atoms with Gasteiger partial charge in [-0.15, -0.1) is 0 Å². The van der Waals surface area contributed by atoms with Crippen molar-refractivity contribution in [3.05, 3.63) is 65.2 Å². The lowest BCUT2D eigenvalue weighted by Gasteiger charge is -2.18. The Kier molecular flexibility index (Phi) is 6.15. The number of amides is 2. The van der Waals surface area contributed by atoms with Gasteiger partial charge in [0.1, 0.15) is 11.6 Å². The van der Waals surface area contributed by atoms with E-state index in [0.29, 0.717) is 11.4 Å². The molecule has 0 aliphatic heterocycles. The van der Waals surface area contributed by atoms with Crippen LogP contribution in [0.5, 0.6) is 0 Å². The van der Waals surface area contributed by atoms with Crippen LogP contribution in [0.4, 0.5) is 11.4 Å². The van der Waals surface area contributed by atoms with Crippen molar-refractivity contribution in [1.29, 1.82) is 5.26 Å². The third-order valence-electron chi connectivity index (χ3n) is 3.92. The van der Waals surface area contributed by atoms with Crippen LogP contribution in [0.3, 0.4) is 0 Å². The van der Waals surface area contributed by atoms with E-state index in [1.165, 1.54) is 12.5 Å². The molecule has 0 radical (unpaired) electrons. The molecule has 5 nitrogen and oxygen atoms in total. The predicted octanol–water partition coefficient (Wildman–Crippen LogP) is 4.49. The van der Waals surface area contributed by atoms with E-state index >= 15 is 0 Å². The second kappa shape index (κ2) is 8.33. The Morgan fingerprint density at radius 2 is 1.44 bits per heavy atom. The molecule has 0 atom stereocenters. The summed E-state index contributed by atoms with van der Waals surface area (Å²) in [4.78, 5) is 23.4. The molecule has 2 aromatic carbocycles. The van der Waals surface area contributed by atoms with E-state index in [4.69, 9.17) is 0 Å². The summed E-state index contributed by atoms with van der Waals surface area (Å²) < 4.78 is 0. The van der Waals surface area contributed by atoms with E-state index in [-0.39, 0.29) is 16.9 Å². The Labute approximate surface area is 159 Å². The fraction of sp³-hybridized carbons (Fsp3) is 0.227.